The fourth-order valence-corrected chi connectivity index (χ4v) is 2.50. The van der Waals surface area contributed by atoms with E-state index in [9.17, 15) is 9.90 Å². The number of fused-ring (bicyclic) bond motifs is 1. The second-order valence-corrected chi connectivity index (χ2v) is 4.09. The quantitative estimate of drug-likeness (QED) is 0.757. The molecule has 4 heteroatoms. The number of carbonyl (C=O) groups is 1. The summed E-state index contributed by atoms with van der Waals surface area (Å²) in [4.78, 5) is 11.2. The summed E-state index contributed by atoms with van der Waals surface area (Å²) in [5.74, 6) is -0.751. The molecule has 1 aromatic carbocycles. The standard InChI is InChI=1S/C10H8O3S/c1-5-7-3-2-6(11)4-8(7)14-9(5)10(12)13/h2-4,11H,1H3,(H,12,13). The molecule has 0 atom stereocenters. The number of phenolic OH excluding ortho intramolecular Hbond substituents is 1. The number of phenols is 1. The zero-order valence-corrected chi connectivity index (χ0v) is 8.26. The lowest BCUT2D eigenvalue weighted by molar-refractivity contribution is 0.0701. The molecule has 0 amide bonds. The van der Waals surface area contributed by atoms with Crippen LogP contribution in [-0.4, -0.2) is 16.2 Å². The fourth-order valence-electron chi connectivity index (χ4n) is 1.42. The molecule has 72 valence electrons. The molecule has 0 saturated carbocycles. The number of aromatic hydroxyl groups is 1. The van der Waals surface area contributed by atoms with Crippen LogP contribution in [0, 0.1) is 6.92 Å². The highest BCUT2D eigenvalue weighted by molar-refractivity contribution is 7.21. The molecule has 1 aromatic heterocycles. The van der Waals surface area contributed by atoms with Crippen LogP contribution < -0.4 is 0 Å². The van der Waals surface area contributed by atoms with Gasteiger partial charge in [0.05, 0.1) is 0 Å². The van der Waals surface area contributed by atoms with E-state index in [1.807, 2.05) is 0 Å². The highest BCUT2D eigenvalue weighted by Crippen LogP contribution is 2.32. The fraction of sp³-hybridized carbons (Fsp3) is 0.100. The minimum Gasteiger partial charge on any atom is -0.508 e. The second-order valence-electron chi connectivity index (χ2n) is 3.04. The van der Waals surface area contributed by atoms with E-state index in [4.69, 9.17) is 5.11 Å². The number of aryl methyl sites for hydroxylation is 1. The van der Waals surface area contributed by atoms with Gasteiger partial charge in [0.25, 0.3) is 0 Å². The number of carboxylic acids is 1. The topological polar surface area (TPSA) is 57.5 Å². The molecule has 3 nitrogen and oxygen atoms in total. The van der Waals surface area contributed by atoms with E-state index in [0.717, 1.165) is 15.6 Å². The Morgan fingerprint density at radius 3 is 2.79 bits per heavy atom. The van der Waals surface area contributed by atoms with E-state index in [0.29, 0.717) is 4.88 Å². The molecular formula is C10H8O3S. The Hall–Kier alpha value is -1.55. The van der Waals surface area contributed by atoms with E-state index in [1.54, 1.807) is 25.1 Å². The zero-order valence-electron chi connectivity index (χ0n) is 7.44. The molecule has 14 heavy (non-hydrogen) atoms. The van der Waals surface area contributed by atoms with Crippen molar-refractivity contribution < 1.29 is 15.0 Å². The van der Waals surface area contributed by atoms with Crippen LogP contribution in [0.1, 0.15) is 15.2 Å². The lowest BCUT2D eigenvalue weighted by Crippen LogP contribution is -1.93. The molecule has 1 heterocycles. The van der Waals surface area contributed by atoms with Gasteiger partial charge in [0.1, 0.15) is 10.6 Å². The van der Waals surface area contributed by atoms with Gasteiger partial charge in [-0.3, -0.25) is 0 Å². The third kappa shape index (κ3) is 1.24. The predicted molar refractivity (Wildman–Crippen MR) is 55.2 cm³/mol. The average Bonchev–Trinajstić information content (AvgIpc) is 2.43. The van der Waals surface area contributed by atoms with E-state index in [2.05, 4.69) is 0 Å². The van der Waals surface area contributed by atoms with Crippen molar-refractivity contribution in [2.75, 3.05) is 0 Å². The Morgan fingerprint density at radius 2 is 2.14 bits per heavy atom. The summed E-state index contributed by atoms with van der Waals surface area (Å²) in [5.41, 5.74) is 0.762. The number of hydrogen-bond donors (Lipinski definition) is 2. The van der Waals surface area contributed by atoms with E-state index in [1.165, 1.54) is 11.3 Å². The van der Waals surface area contributed by atoms with E-state index in [-0.39, 0.29) is 5.75 Å². The van der Waals surface area contributed by atoms with Crippen molar-refractivity contribution >= 4 is 27.4 Å². The summed E-state index contributed by atoms with van der Waals surface area (Å²) in [6, 6.07) is 4.88. The van der Waals surface area contributed by atoms with Crippen LogP contribution in [-0.2, 0) is 0 Å². The molecule has 0 fully saturated rings. The normalized spacial score (nSPS) is 10.6. The number of aromatic carboxylic acids is 1. The maximum absolute atomic E-state index is 10.8. The van der Waals surface area contributed by atoms with Crippen molar-refractivity contribution in [1.29, 1.82) is 0 Å². The average molecular weight is 208 g/mol. The van der Waals surface area contributed by atoms with Gasteiger partial charge in [0.2, 0.25) is 0 Å². The first-order chi connectivity index (χ1) is 6.59. The van der Waals surface area contributed by atoms with Gasteiger partial charge in [0, 0.05) is 4.70 Å². The molecule has 0 saturated heterocycles. The monoisotopic (exact) mass is 208 g/mol. The van der Waals surface area contributed by atoms with Gasteiger partial charge in [-0.05, 0) is 36.1 Å². The van der Waals surface area contributed by atoms with Crippen LogP contribution in [0.4, 0.5) is 0 Å². The highest BCUT2D eigenvalue weighted by atomic mass is 32.1. The summed E-state index contributed by atoms with van der Waals surface area (Å²) >= 11 is 1.19. The van der Waals surface area contributed by atoms with Crippen molar-refractivity contribution in [3.8, 4) is 5.75 Å². The molecule has 0 radical (unpaired) electrons. The number of hydrogen-bond acceptors (Lipinski definition) is 3. The van der Waals surface area contributed by atoms with Crippen LogP contribution in [0.25, 0.3) is 10.1 Å². The Labute approximate surface area is 84.2 Å². The lowest BCUT2D eigenvalue weighted by atomic mass is 10.1. The smallest absolute Gasteiger partial charge is 0.346 e. The van der Waals surface area contributed by atoms with Crippen LogP contribution >= 0.6 is 11.3 Å². The third-order valence-electron chi connectivity index (χ3n) is 2.12. The van der Waals surface area contributed by atoms with Crippen molar-refractivity contribution in [1.82, 2.24) is 0 Å². The molecule has 2 rings (SSSR count). The van der Waals surface area contributed by atoms with Crippen LogP contribution in [0.5, 0.6) is 5.75 Å². The molecule has 2 aromatic rings. The maximum Gasteiger partial charge on any atom is 0.346 e. The zero-order chi connectivity index (χ0) is 10.3. The Balaban J connectivity index is 2.79. The second kappa shape index (κ2) is 2.99. The summed E-state index contributed by atoms with van der Waals surface area (Å²) in [6.07, 6.45) is 0. The van der Waals surface area contributed by atoms with Gasteiger partial charge < -0.3 is 10.2 Å². The van der Waals surface area contributed by atoms with E-state index >= 15 is 0 Å². The molecule has 0 aliphatic rings. The van der Waals surface area contributed by atoms with Crippen molar-refractivity contribution in [3.63, 3.8) is 0 Å². The summed E-state index contributed by atoms with van der Waals surface area (Å²) in [7, 11) is 0. The molecule has 2 N–H and O–H groups in total. The van der Waals surface area contributed by atoms with E-state index < -0.39 is 5.97 Å². The third-order valence-corrected chi connectivity index (χ3v) is 3.36. The Kier molecular flexibility index (Phi) is 1.93. The van der Waals surface area contributed by atoms with Crippen molar-refractivity contribution in [2.24, 2.45) is 0 Å². The Bertz CT molecular complexity index is 513. The first kappa shape index (κ1) is 9.02. The van der Waals surface area contributed by atoms with Gasteiger partial charge in [-0.15, -0.1) is 11.3 Å². The van der Waals surface area contributed by atoms with Crippen LogP contribution in [0.3, 0.4) is 0 Å². The first-order valence-corrected chi connectivity index (χ1v) is 4.86. The minimum absolute atomic E-state index is 0.163. The van der Waals surface area contributed by atoms with Crippen molar-refractivity contribution in [2.45, 2.75) is 6.92 Å². The number of benzene rings is 1. The van der Waals surface area contributed by atoms with Gasteiger partial charge in [-0.1, -0.05) is 0 Å². The van der Waals surface area contributed by atoms with Gasteiger partial charge in [-0.25, -0.2) is 4.79 Å². The van der Waals surface area contributed by atoms with Gasteiger partial charge >= 0.3 is 5.97 Å². The first-order valence-electron chi connectivity index (χ1n) is 4.05. The number of rotatable bonds is 1. The summed E-state index contributed by atoms with van der Waals surface area (Å²) in [6.45, 7) is 1.78. The highest BCUT2D eigenvalue weighted by Gasteiger charge is 2.13. The molecule has 0 bridgehead atoms. The molecular weight excluding hydrogens is 200 g/mol. The van der Waals surface area contributed by atoms with Crippen LogP contribution in [0.15, 0.2) is 18.2 Å². The number of carboxylic acid groups (broad SMARTS) is 1. The largest absolute Gasteiger partial charge is 0.508 e. The summed E-state index contributed by atoms with van der Waals surface area (Å²) in [5, 5.41) is 19.0. The SMILES string of the molecule is Cc1c(C(=O)O)sc2cc(O)ccc12. The van der Waals surface area contributed by atoms with Crippen molar-refractivity contribution in [3.05, 3.63) is 28.6 Å². The molecule has 0 spiro atoms. The van der Waals surface area contributed by atoms with Gasteiger partial charge in [-0.2, -0.15) is 0 Å². The number of thiophene rings is 1. The van der Waals surface area contributed by atoms with Gasteiger partial charge in [0.15, 0.2) is 0 Å². The molecule has 0 aliphatic heterocycles. The molecule has 0 unspecified atom stereocenters. The molecule has 0 aliphatic carbocycles. The lowest BCUT2D eigenvalue weighted by Gasteiger charge is -1.92. The Morgan fingerprint density at radius 1 is 1.43 bits per heavy atom. The maximum atomic E-state index is 10.8. The summed E-state index contributed by atoms with van der Waals surface area (Å²) < 4.78 is 0.805. The predicted octanol–water partition coefficient (Wildman–Crippen LogP) is 2.61. The minimum atomic E-state index is -0.914. The van der Waals surface area contributed by atoms with Crippen LogP contribution in [0.2, 0.25) is 0 Å².